The van der Waals surface area contributed by atoms with Gasteiger partial charge in [-0.1, -0.05) is 103 Å². The molecule has 156 valence electrons. The van der Waals surface area contributed by atoms with Crippen LogP contribution in [0.1, 0.15) is 22.3 Å². The predicted octanol–water partition coefficient (Wildman–Crippen LogP) is 4.81. The lowest BCUT2D eigenvalue weighted by molar-refractivity contribution is 0.744. The van der Waals surface area contributed by atoms with Crippen LogP contribution in [0.25, 0.3) is 5.69 Å². The van der Waals surface area contributed by atoms with Crippen molar-refractivity contribution in [2.24, 2.45) is 0 Å². The molecule has 0 unspecified atom stereocenters. The van der Waals surface area contributed by atoms with Crippen molar-refractivity contribution in [3.63, 3.8) is 0 Å². The Labute approximate surface area is 187 Å². The van der Waals surface area contributed by atoms with Crippen molar-refractivity contribution >= 4 is 11.9 Å². The molecule has 1 heterocycles. The van der Waals surface area contributed by atoms with Gasteiger partial charge >= 0.3 is 0 Å². The number of benzene rings is 4. The Morgan fingerprint density at radius 3 is 1.31 bits per heavy atom. The fourth-order valence-corrected chi connectivity index (χ4v) is 4.45. The van der Waals surface area contributed by atoms with E-state index < -0.39 is 5.41 Å². The lowest BCUT2D eigenvalue weighted by Crippen LogP contribution is -2.31. The highest BCUT2D eigenvalue weighted by Crippen LogP contribution is 2.45. The van der Waals surface area contributed by atoms with Gasteiger partial charge in [0.1, 0.15) is 0 Å². The summed E-state index contributed by atoms with van der Waals surface area (Å²) in [6.07, 6.45) is 0. The van der Waals surface area contributed by atoms with Crippen LogP contribution in [0.3, 0.4) is 0 Å². The molecular weight excluding hydrogens is 394 g/mol. The van der Waals surface area contributed by atoms with Crippen LogP contribution in [-0.4, -0.2) is 14.8 Å². The van der Waals surface area contributed by atoms with Gasteiger partial charge in [0.15, 0.2) is 0 Å². The molecule has 0 fully saturated rings. The average molecular weight is 418 g/mol. The number of nitrogens with zero attached hydrogens (tertiary/aromatic N) is 3. The molecule has 4 N–H and O–H groups in total. The molecule has 0 saturated heterocycles. The quantitative estimate of drug-likeness (QED) is 0.402. The van der Waals surface area contributed by atoms with Crippen molar-refractivity contribution in [2.45, 2.75) is 5.41 Å². The first kappa shape index (κ1) is 19.6. The van der Waals surface area contributed by atoms with Crippen LogP contribution in [0.2, 0.25) is 0 Å². The highest BCUT2D eigenvalue weighted by atomic mass is 15.4. The summed E-state index contributed by atoms with van der Waals surface area (Å²) in [5.41, 5.74) is 16.7. The molecular formula is C27H23N5. The van der Waals surface area contributed by atoms with Gasteiger partial charge in [0, 0.05) is 0 Å². The minimum absolute atomic E-state index is 0.152. The van der Waals surface area contributed by atoms with Crippen molar-refractivity contribution < 1.29 is 0 Å². The second-order valence-electron chi connectivity index (χ2n) is 7.63. The van der Waals surface area contributed by atoms with Crippen molar-refractivity contribution in [3.05, 3.63) is 138 Å². The smallest absolute Gasteiger partial charge is 0.241 e. The normalized spacial score (nSPS) is 11.4. The molecule has 4 aromatic carbocycles. The average Bonchev–Trinajstić information content (AvgIpc) is 3.20. The summed E-state index contributed by atoms with van der Waals surface area (Å²) in [6, 6.07) is 40.0. The Hall–Kier alpha value is -4.38. The fourth-order valence-electron chi connectivity index (χ4n) is 4.45. The number of hydrogen-bond donors (Lipinski definition) is 2. The lowest BCUT2D eigenvalue weighted by atomic mass is 9.65. The van der Waals surface area contributed by atoms with Gasteiger partial charge < -0.3 is 11.5 Å². The van der Waals surface area contributed by atoms with E-state index in [-0.39, 0.29) is 11.9 Å². The van der Waals surface area contributed by atoms with E-state index in [1.54, 1.807) is 4.68 Å². The van der Waals surface area contributed by atoms with E-state index in [0.29, 0.717) is 0 Å². The summed E-state index contributed by atoms with van der Waals surface area (Å²) in [5, 5.41) is 4.21. The van der Waals surface area contributed by atoms with Gasteiger partial charge in [0.05, 0.1) is 11.1 Å². The Morgan fingerprint density at radius 2 is 0.938 bits per heavy atom. The van der Waals surface area contributed by atoms with Crippen LogP contribution in [0, 0.1) is 0 Å². The number of nitrogens with two attached hydrogens (primary N) is 2. The molecule has 5 nitrogen and oxygen atoms in total. The second-order valence-corrected chi connectivity index (χ2v) is 7.63. The Kier molecular flexibility index (Phi) is 4.92. The predicted molar refractivity (Wildman–Crippen MR) is 128 cm³/mol. The van der Waals surface area contributed by atoms with E-state index in [0.717, 1.165) is 11.3 Å². The van der Waals surface area contributed by atoms with Crippen molar-refractivity contribution in [1.29, 1.82) is 0 Å². The number of aromatic nitrogens is 3. The summed E-state index contributed by atoms with van der Waals surface area (Å²) in [7, 11) is 0. The molecule has 5 aromatic rings. The Morgan fingerprint density at radius 1 is 0.531 bits per heavy atom. The number of hydrogen-bond acceptors (Lipinski definition) is 4. The van der Waals surface area contributed by atoms with Crippen LogP contribution in [0.4, 0.5) is 11.9 Å². The molecule has 5 rings (SSSR count). The summed E-state index contributed by atoms with van der Waals surface area (Å²) in [4.78, 5) is 4.01. The monoisotopic (exact) mass is 417 g/mol. The van der Waals surface area contributed by atoms with Gasteiger partial charge in [-0.25, -0.2) is 0 Å². The second kappa shape index (κ2) is 8.04. The highest BCUT2D eigenvalue weighted by molar-refractivity contribution is 5.60. The lowest BCUT2D eigenvalue weighted by Gasteiger charge is -2.37. The Bertz CT molecular complexity index is 1210. The van der Waals surface area contributed by atoms with Crippen LogP contribution in [0.15, 0.2) is 115 Å². The molecule has 0 aliphatic carbocycles. The SMILES string of the molecule is Nc1nc(N)n(-c2ccc(C(c3ccccc3)(c3ccccc3)c3ccccc3)cc2)n1. The largest absolute Gasteiger partial charge is 0.368 e. The molecule has 0 spiro atoms. The van der Waals surface area contributed by atoms with Gasteiger partial charge in [-0.3, -0.25) is 0 Å². The first-order valence-corrected chi connectivity index (χ1v) is 10.4. The molecule has 0 saturated carbocycles. The van der Waals surface area contributed by atoms with E-state index in [2.05, 4.69) is 95.0 Å². The van der Waals surface area contributed by atoms with Crippen LogP contribution in [0.5, 0.6) is 0 Å². The van der Waals surface area contributed by atoms with Crippen LogP contribution in [-0.2, 0) is 5.41 Å². The first-order chi connectivity index (χ1) is 15.7. The van der Waals surface area contributed by atoms with Crippen molar-refractivity contribution in [3.8, 4) is 5.69 Å². The van der Waals surface area contributed by atoms with Gasteiger partial charge in [-0.2, -0.15) is 9.67 Å². The molecule has 0 aliphatic rings. The maximum Gasteiger partial charge on any atom is 0.241 e. The summed E-state index contributed by atoms with van der Waals surface area (Å²) < 4.78 is 1.55. The molecule has 5 heteroatoms. The molecule has 1 aromatic heterocycles. The van der Waals surface area contributed by atoms with Gasteiger partial charge in [0.25, 0.3) is 0 Å². The zero-order valence-electron chi connectivity index (χ0n) is 17.5. The molecule has 0 radical (unpaired) electrons. The summed E-state index contributed by atoms with van der Waals surface area (Å²) in [6.45, 7) is 0. The third kappa shape index (κ3) is 3.20. The minimum atomic E-state index is -0.491. The Balaban J connectivity index is 1.78. The molecule has 0 bridgehead atoms. The van der Waals surface area contributed by atoms with E-state index >= 15 is 0 Å². The molecule has 0 amide bonds. The zero-order valence-corrected chi connectivity index (χ0v) is 17.5. The third-order valence-corrected chi connectivity index (χ3v) is 5.81. The van der Waals surface area contributed by atoms with E-state index in [1.165, 1.54) is 16.7 Å². The van der Waals surface area contributed by atoms with Gasteiger partial charge in [-0.15, -0.1) is 5.10 Å². The first-order valence-electron chi connectivity index (χ1n) is 10.4. The van der Waals surface area contributed by atoms with Crippen molar-refractivity contribution in [2.75, 3.05) is 11.5 Å². The topological polar surface area (TPSA) is 82.7 Å². The van der Waals surface area contributed by atoms with Gasteiger partial charge in [-0.05, 0) is 34.4 Å². The number of rotatable bonds is 5. The van der Waals surface area contributed by atoms with Crippen LogP contribution < -0.4 is 11.5 Å². The number of nitrogen functional groups attached to an aromatic ring is 2. The van der Waals surface area contributed by atoms with E-state index in [4.69, 9.17) is 11.5 Å². The van der Waals surface area contributed by atoms with E-state index in [9.17, 15) is 0 Å². The molecule has 0 atom stereocenters. The molecule has 32 heavy (non-hydrogen) atoms. The standard InChI is InChI=1S/C27H23N5/c28-25-30-26(29)32(31-25)24-18-16-23(17-19-24)27(20-10-4-1-5-11-20,21-12-6-2-7-13-21)22-14-8-3-9-15-22/h1-19H,(H4,28,29,30,31). The summed E-state index contributed by atoms with van der Waals surface area (Å²) >= 11 is 0. The zero-order chi connectivity index (χ0) is 22.0. The maximum atomic E-state index is 5.98. The maximum absolute atomic E-state index is 5.98. The van der Waals surface area contributed by atoms with Crippen molar-refractivity contribution in [1.82, 2.24) is 14.8 Å². The third-order valence-electron chi connectivity index (χ3n) is 5.81. The fraction of sp³-hybridized carbons (Fsp3) is 0.0370. The summed E-state index contributed by atoms with van der Waals surface area (Å²) in [5.74, 6) is 0.412. The van der Waals surface area contributed by atoms with Crippen LogP contribution >= 0.6 is 0 Å². The van der Waals surface area contributed by atoms with Gasteiger partial charge in [0.2, 0.25) is 11.9 Å². The number of anilines is 2. The molecule has 0 aliphatic heterocycles. The minimum Gasteiger partial charge on any atom is -0.368 e. The van der Waals surface area contributed by atoms with E-state index in [1.807, 2.05) is 30.3 Å². The highest BCUT2D eigenvalue weighted by Gasteiger charge is 2.38.